The highest BCUT2D eigenvalue weighted by Crippen LogP contribution is 2.26. The fourth-order valence-electron chi connectivity index (χ4n) is 2.95. The number of imidazole rings is 1. The van der Waals surface area contributed by atoms with E-state index in [0.717, 1.165) is 0 Å². The largest absolute Gasteiger partial charge is 0.484 e. The van der Waals surface area contributed by atoms with E-state index < -0.39 is 35.5 Å². The van der Waals surface area contributed by atoms with Crippen molar-refractivity contribution >= 4 is 33.7 Å². The third-order valence-corrected chi connectivity index (χ3v) is 5.83. The Bertz CT molecular complexity index is 1230. The Morgan fingerprint density at radius 1 is 1.21 bits per heavy atom. The number of halogens is 3. The first-order valence-corrected chi connectivity index (χ1v) is 11.2. The summed E-state index contributed by atoms with van der Waals surface area (Å²) in [5, 5.41) is 2.42. The van der Waals surface area contributed by atoms with Crippen LogP contribution in [0.5, 0.6) is 5.75 Å². The molecule has 2 heterocycles. The van der Waals surface area contributed by atoms with Gasteiger partial charge in [-0.05, 0) is 25.1 Å². The summed E-state index contributed by atoms with van der Waals surface area (Å²) >= 11 is 0. The van der Waals surface area contributed by atoms with Gasteiger partial charge in [0.1, 0.15) is 12.3 Å². The molecular formula is C21H21F3N4O5S. The van der Waals surface area contributed by atoms with E-state index in [-0.39, 0.29) is 35.6 Å². The number of carbonyl (C=O) groups is 2. The van der Waals surface area contributed by atoms with Crippen LogP contribution < -0.4 is 10.1 Å². The molecule has 0 aliphatic rings. The van der Waals surface area contributed by atoms with Crippen LogP contribution in [0.2, 0.25) is 0 Å². The molecule has 0 spiro atoms. The number of carbonyl (C=O) groups excluding carboxylic acids is 2. The van der Waals surface area contributed by atoms with Gasteiger partial charge in [0.05, 0.1) is 33.3 Å². The number of fused-ring (bicyclic) bond motifs is 1. The lowest BCUT2D eigenvalue weighted by atomic mass is 10.2. The smallest absolute Gasteiger partial charge is 0.422 e. The zero-order chi connectivity index (χ0) is 24.9. The number of ether oxygens (including phenoxy) is 2. The van der Waals surface area contributed by atoms with Crippen molar-refractivity contribution < 1.29 is 36.4 Å². The summed E-state index contributed by atoms with van der Waals surface area (Å²) in [5.74, 6) is -1.26. The van der Waals surface area contributed by atoms with E-state index >= 15 is 0 Å². The highest BCUT2D eigenvalue weighted by atomic mass is 32.2. The van der Waals surface area contributed by atoms with Crippen molar-refractivity contribution in [2.75, 3.05) is 13.2 Å². The molecule has 0 saturated carbocycles. The van der Waals surface area contributed by atoms with Crippen LogP contribution in [0.25, 0.3) is 11.0 Å². The van der Waals surface area contributed by atoms with Crippen molar-refractivity contribution in [2.45, 2.75) is 37.7 Å². The summed E-state index contributed by atoms with van der Waals surface area (Å²) in [5.41, 5.74) is 1.67. The van der Waals surface area contributed by atoms with E-state index in [2.05, 4.69) is 15.3 Å². The van der Waals surface area contributed by atoms with Crippen LogP contribution in [0.3, 0.4) is 0 Å². The summed E-state index contributed by atoms with van der Waals surface area (Å²) in [4.78, 5) is 31.4. The number of esters is 1. The lowest BCUT2D eigenvalue weighted by Gasteiger charge is -2.14. The number of nitrogens with one attached hydrogen (secondary N) is 1. The number of hydrogen-bond acceptors (Lipinski definition) is 7. The molecule has 0 saturated heterocycles. The van der Waals surface area contributed by atoms with Crippen LogP contribution in [-0.2, 0) is 37.6 Å². The van der Waals surface area contributed by atoms with E-state index in [1.807, 2.05) is 0 Å². The first-order chi connectivity index (χ1) is 16.0. The zero-order valence-electron chi connectivity index (χ0n) is 18.2. The van der Waals surface area contributed by atoms with Gasteiger partial charge >= 0.3 is 12.1 Å². The van der Waals surface area contributed by atoms with Gasteiger partial charge in [-0.25, -0.2) is 4.98 Å². The third-order valence-electron chi connectivity index (χ3n) is 4.58. The van der Waals surface area contributed by atoms with Crippen LogP contribution >= 0.6 is 0 Å². The number of pyridine rings is 1. The Labute approximate surface area is 194 Å². The molecule has 0 aliphatic heterocycles. The monoisotopic (exact) mass is 498 g/mol. The fraction of sp³-hybridized carbons (Fsp3) is 0.333. The second-order valence-corrected chi connectivity index (χ2v) is 8.49. The molecule has 1 amide bonds. The number of amides is 1. The van der Waals surface area contributed by atoms with Crippen LogP contribution in [0.1, 0.15) is 18.2 Å². The predicted molar refractivity (Wildman–Crippen MR) is 115 cm³/mol. The lowest BCUT2D eigenvalue weighted by Crippen LogP contribution is -2.29. The van der Waals surface area contributed by atoms with Gasteiger partial charge in [-0.1, -0.05) is 12.1 Å². The first-order valence-electron chi connectivity index (χ1n) is 9.93. The number of aromatic nitrogens is 3. The van der Waals surface area contributed by atoms with Crippen molar-refractivity contribution in [3.8, 4) is 5.75 Å². The standard InChI is InChI=1S/C21H21F3N4O5S/c1-13-16(25-8-7-18(13)32-11-21(22,23)24)10-34(31)20-27-15-5-3-4-6-17(15)28(20)12-33-19(30)9-26-14(2)29/h3-8H,9-12H2,1-2H3,(H,26,29). The molecule has 34 heavy (non-hydrogen) atoms. The molecule has 1 atom stereocenters. The number of alkyl halides is 3. The number of benzene rings is 1. The quantitative estimate of drug-likeness (QED) is 0.452. The Morgan fingerprint density at radius 2 is 1.94 bits per heavy atom. The number of para-hydroxylation sites is 2. The molecule has 3 aromatic rings. The van der Waals surface area contributed by atoms with Crippen molar-refractivity contribution in [3.63, 3.8) is 0 Å². The topological polar surface area (TPSA) is 112 Å². The minimum Gasteiger partial charge on any atom is -0.484 e. The van der Waals surface area contributed by atoms with Gasteiger partial charge in [0.2, 0.25) is 11.1 Å². The van der Waals surface area contributed by atoms with E-state index in [4.69, 9.17) is 9.47 Å². The molecule has 2 aromatic heterocycles. The van der Waals surface area contributed by atoms with Crippen LogP contribution in [0, 0.1) is 6.92 Å². The van der Waals surface area contributed by atoms with Gasteiger partial charge in [-0.3, -0.25) is 23.3 Å². The molecule has 3 rings (SSSR count). The van der Waals surface area contributed by atoms with Gasteiger partial charge in [0.15, 0.2) is 13.3 Å². The number of hydrogen-bond donors (Lipinski definition) is 1. The minimum atomic E-state index is -4.50. The van der Waals surface area contributed by atoms with Crippen LogP contribution in [0.4, 0.5) is 13.2 Å². The number of rotatable bonds is 9. The van der Waals surface area contributed by atoms with Gasteiger partial charge < -0.3 is 14.8 Å². The zero-order valence-corrected chi connectivity index (χ0v) is 19.0. The van der Waals surface area contributed by atoms with Crippen molar-refractivity contribution in [2.24, 2.45) is 0 Å². The Morgan fingerprint density at radius 3 is 2.65 bits per heavy atom. The maximum Gasteiger partial charge on any atom is 0.422 e. The molecule has 13 heteroatoms. The molecule has 182 valence electrons. The second-order valence-electron chi connectivity index (χ2n) is 7.14. The SMILES string of the molecule is CC(=O)NCC(=O)OCn1c(S(=O)Cc2nccc(OCC(F)(F)F)c2C)nc2ccccc21. The van der Waals surface area contributed by atoms with Crippen LogP contribution in [-0.4, -0.2) is 49.9 Å². The molecule has 1 aromatic carbocycles. The van der Waals surface area contributed by atoms with Gasteiger partial charge in [0.25, 0.3) is 0 Å². The Kier molecular flexibility index (Phi) is 7.87. The first kappa shape index (κ1) is 25.1. The van der Waals surface area contributed by atoms with Crippen molar-refractivity contribution in [1.29, 1.82) is 0 Å². The molecule has 0 fully saturated rings. The van der Waals surface area contributed by atoms with E-state index in [0.29, 0.717) is 16.6 Å². The third kappa shape index (κ3) is 6.53. The number of nitrogens with zero attached hydrogens (tertiary/aromatic N) is 3. The summed E-state index contributed by atoms with van der Waals surface area (Å²) in [6.07, 6.45) is -3.22. The van der Waals surface area contributed by atoms with E-state index in [1.54, 1.807) is 24.3 Å². The fourth-order valence-corrected chi connectivity index (χ4v) is 4.21. The van der Waals surface area contributed by atoms with Gasteiger partial charge in [-0.15, -0.1) is 0 Å². The maximum absolute atomic E-state index is 13.2. The van der Waals surface area contributed by atoms with Crippen LogP contribution in [0.15, 0.2) is 41.7 Å². The summed E-state index contributed by atoms with van der Waals surface area (Å²) in [7, 11) is -1.79. The second kappa shape index (κ2) is 10.6. The van der Waals surface area contributed by atoms with E-state index in [1.165, 1.54) is 30.7 Å². The predicted octanol–water partition coefficient (Wildman–Crippen LogP) is 2.63. The minimum absolute atomic E-state index is 0.0141. The molecule has 9 nitrogen and oxygen atoms in total. The van der Waals surface area contributed by atoms with Crippen molar-refractivity contribution in [1.82, 2.24) is 19.9 Å². The summed E-state index contributed by atoms with van der Waals surface area (Å²) in [6, 6.07) is 8.18. The van der Waals surface area contributed by atoms with Gasteiger partial charge in [0, 0.05) is 18.7 Å². The maximum atomic E-state index is 13.2. The molecule has 0 aliphatic carbocycles. The molecule has 1 unspecified atom stereocenters. The van der Waals surface area contributed by atoms with E-state index in [9.17, 15) is 27.0 Å². The molecular weight excluding hydrogens is 477 g/mol. The normalized spacial score (nSPS) is 12.4. The lowest BCUT2D eigenvalue weighted by molar-refractivity contribution is -0.153. The summed E-state index contributed by atoms with van der Waals surface area (Å²) < 4.78 is 62.2. The average Bonchev–Trinajstić information content (AvgIpc) is 3.15. The molecule has 1 N–H and O–H groups in total. The highest BCUT2D eigenvalue weighted by Gasteiger charge is 2.29. The van der Waals surface area contributed by atoms with Crippen molar-refractivity contribution in [3.05, 3.63) is 47.8 Å². The Balaban J connectivity index is 1.82. The highest BCUT2D eigenvalue weighted by molar-refractivity contribution is 7.84. The summed E-state index contributed by atoms with van der Waals surface area (Å²) in [6.45, 7) is 0.699. The van der Waals surface area contributed by atoms with Gasteiger partial charge in [-0.2, -0.15) is 13.2 Å². The molecule has 0 radical (unpaired) electrons. The average molecular weight is 498 g/mol. The molecule has 0 bridgehead atoms. The Hall–Kier alpha value is -3.48.